The number of rotatable bonds is 1. The molecule has 1 aliphatic heterocycles. The number of hydrogen-bond acceptors (Lipinski definition) is 7. The number of aliphatic hydroxyl groups is 1. The fourth-order valence-electron chi connectivity index (χ4n) is 2.40. The van der Waals surface area contributed by atoms with Gasteiger partial charge in [0.1, 0.15) is 21.5 Å². The van der Waals surface area contributed by atoms with Crippen LogP contribution >= 0.6 is 15.9 Å². The van der Waals surface area contributed by atoms with Crippen molar-refractivity contribution in [3.8, 4) is 28.7 Å². The van der Waals surface area contributed by atoms with E-state index in [0.717, 1.165) is 12.1 Å². The number of ether oxygens (including phenoxy) is 1. The molecule has 2 aromatic carbocycles. The van der Waals surface area contributed by atoms with E-state index in [1.165, 1.54) is 12.1 Å². The third kappa shape index (κ3) is 2.36. The molecule has 120 valence electrons. The first-order valence-corrected chi connectivity index (χ1v) is 7.25. The van der Waals surface area contributed by atoms with E-state index in [-0.39, 0.29) is 32.8 Å². The Labute approximate surface area is 138 Å². The summed E-state index contributed by atoms with van der Waals surface area (Å²) in [5, 5.41) is 48.6. The SMILES string of the molecule is O=C1c2c(O)cc(O)c(Br)c2OC(c2ccc(O)c(O)c2)C1O. The van der Waals surface area contributed by atoms with Gasteiger partial charge in [-0.15, -0.1) is 0 Å². The van der Waals surface area contributed by atoms with E-state index >= 15 is 0 Å². The maximum absolute atomic E-state index is 12.3. The molecule has 0 amide bonds. The molecule has 7 nitrogen and oxygen atoms in total. The molecule has 2 unspecified atom stereocenters. The molecule has 5 N–H and O–H groups in total. The molecule has 0 bridgehead atoms. The largest absolute Gasteiger partial charge is 0.507 e. The molecule has 0 aliphatic carbocycles. The van der Waals surface area contributed by atoms with Crippen molar-refractivity contribution in [2.24, 2.45) is 0 Å². The van der Waals surface area contributed by atoms with Crippen LogP contribution in [0.3, 0.4) is 0 Å². The molecular formula is C15H11BrO7. The Kier molecular flexibility index (Phi) is 3.57. The Morgan fingerprint density at radius 2 is 1.65 bits per heavy atom. The molecule has 23 heavy (non-hydrogen) atoms. The second-order valence-electron chi connectivity index (χ2n) is 5.03. The monoisotopic (exact) mass is 382 g/mol. The molecule has 0 aromatic heterocycles. The lowest BCUT2D eigenvalue weighted by molar-refractivity contribution is 0.0206. The van der Waals surface area contributed by atoms with Crippen LogP contribution in [0.2, 0.25) is 0 Å². The van der Waals surface area contributed by atoms with Crippen LogP contribution in [0.1, 0.15) is 22.0 Å². The average molecular weight is 383 g/mol. The van der Waals surface area contributed by atoms with E-state index in [1.807, 2.05) is 0 Å². The number of fused-ring (bicyclic) bond motifs is 1. The molecule has 2 aromatic rings. The number of carbonyl (C=O) groups is 1. The number of carbonyl (C=O) groups excluding carboxylic acids is 1. The number of halogens is 1. The normalized spacial score (nSPS) is 20.0. The van der Waals surface area contributed by atoms with Gasteiger partial charge >= 0.3 is 0 Å². The number of phenols is 4. The third-order valence-electron chi connectivity index (χ3n) is 3.56. The zero-order valence-electron chi connectivity index (χ0n) is 11.4. The maximum atomic E-state index is 12.3. The minimum Gasteiger partial charge on any atom is -0.507 e. The molecule has 0 spiro atoms. The van der Waals surface area contributed by atoms with Gasteiger partial charge in [0.05, 0.1) is 0 Å². The summed E-state index contributed by atoms with van der Waals surface area (Å²) in [5.41, 5.74) is -0.0112. The lowest BCUT2D eigenvalue weighted by Crippen LogP contribution is -2.36. The fraction of sp³-hybridized carbons (Fsp3) is 0.133. The molecule has 0 fully saturated rings. The Morgan fingerprint density at radius 3 is 2.30 bits per heavy atom. The van der Waals surface area contributed by atoms with Crippen LogP contribution in [0.4, 0.5) is 0 Å². The van der Waals surface area contributed by atoms with Gasteiger partial charge in [-0.05, 0) is 33.6 Å². The average Bonchev–Trinajstić information content (AvgIpc) is 2.50. The Hall–Kier alpha value is -2.45. The summed E-state index contributed by atoms with van der Waals surface area (Å²) in [6.07, 6.45) is -2.81. The number of Topliss-reactive ketones (excluding diaryl/α,β-unsaturated/α-hetero) is 1. The second kappa shape index (κ2) is 5.32. The van der Waals surface area contributed by atoms with Gasteiger partial charge in [0.15, 0.2) is 29.5 Å². The van der Waals surface area contributed by atoms with Crippen LogP contribution in [0, 0.1) is 0 Å². The van der Waals surface area contributed by atoms with E-state index < -0.39 is 29.5 Å². The third-order valence-corrected chi connectivity index (χ3v) is 4.32. The Bertz CT molecular complexity index is 818. The zero-order chi connectivity index (χ0) is 16.9. The number of phenolic OH excluding ortho intramolecular Hbond substituents is 4. The van der Waals surface area contributed by atoms with E-state index in [2.05, 4.69) is 15.9 Å². The predicted molar refractivity (Wildman–Crippen MR) is 80.9 cm³/mol. The summed E-state index contributed by atoms with van der Waals surface area (Å²) >= 11 is 3.06. The minimum absolute atomic E-state index is 0.0542. The maximum Gasteiger partial charge on any atom is 0.202 e. The first kappa shape index (κ1) is 15.4. The van der Waals surface area contributed by atoms with E-state index in [1.54, 1.807) is 0 Å². The quantitative estimate of drug-likeness (QED) is 0.477. The van der Waals surface area contributed by atoms with Crippen LogP contribution in [0.5, 0.6) is 28.7 Å². The first-order valence-electron chi connectivity index (χ1n) is 6.46. The van der Waals surface area contributed by atoms with Gasteiger partial charge in [-0.1, -0.05) is 6.07 Å². The summed E-state index contributed by atoms with van der Waals surface area (Å²) in [7, 11) is 0. The molecule has 1 aliphatic rings. The summed E-state index contributed by atoms with van der Waals surface area (Å²) in [6, 6.07) is 4.68. The molecule has 1 heterocycles. The fourth-order valence-corrected chi connectivity index (χ4v) is 2.81. The Balaban J connectivity index is 2.14. The predicted octanol–water partition coefficient (Wildman–Crippen LogP) is 1.95. The van der Waals surface area contributed by atoms with Crippen molar-refractivity contribution in [2.75, 3.05) is 0 Å². The van der Waals surface area contributed by atoms with Crippen molar-refractivity contribution in [3.63, 3.8) is 0 Å². The smallest absolute Gasteiger partial charge is 0.202 e. The van der Waals surface area contributed by atoms with Crippen LogP contribution in [0.25, 0.3) is 0 Å². The van der Waals surface area contributed by atoms with Crippen LogP contribution in [-0.2, 0) is 0 Å². The van der Waals surface area contributed by atoms with E-state index in [9.17, 15) is 30.3 Å². The highest BCUT2D eigenvalue weighted by Gasteiger charge is 2.40. The number of ketones is 1. The number of aliphatic hydroxyl groups excluding tert-OH is 1. The van der Waals surface area contributed by atoms with Gasteiger partial charge in [-0.3, -0.25) is 4.79 Å². The molecule has 0 saturated carbocycles. The summed E-state index contributed by atoms with van der Waals surface area (Å²) in [6.45, 7) is 0. The van der Waals surface area contributed by atoms with Crippen molar-refractivity contribution in [1.29, 1.82) is 0 Å². The van der Waals surface area contributed by atoms with Gasteiger partial charge < -0.3 is 30.3 Å². The van der Waals surface area contributed by atoms with Gasteiger partial charge in [0.2, 0.25) is 5.78 Å². The molecular weight excluding hydrogens is 372 g/mol. The number of benzene rings is 2. The lowest BCUT2D eigenvalue weighted by Gasteiger charge is -2.31. The summed E-state index contributed by atoms with van der Waals surface area (Å²) in [5.74, 6) is -2.55. The van der Waals surface area contributed by atoms with Crippen LogP contribution in [0.15, 0.2) is 28.7 Å². The molecule has 8 heteroatoms. The highest BCUT2D eigenvalue weighted by Crippen LogP contribution is 2.48. The van der Waals surface area contributed by atoms with Gasteiger partial charge in [0.25, 0.3) is 0 Å². The molecule has 0 saturated heterocycles. The number of hydrogen-bond donors (Lipinski definition) is 5. The molecule has 3 rings (SSSR count). The second-order valence-corrected chi connectivity index (χ2v) is 5.82. The highest BCUT2D eigenvalue weighted by atomic mass is 79.9. The minimum atomic E-state index is -1.63. The van der Waals surface area contributed by atoms with Gasteiger partial charge in [0, 0.05) is 6.07 Å². The van der Waals surface area contributed by atoms with Crippen molar-refractivity contribution in [1.82, 2.24) is 0 Å². The van der Waals surface area contributed by atoms with Crippen molar-refractivity contribution >= 4 is 21.7 Å². The topological polar surface area (TPSA) is 127 Å². The van der Waals surface area contributed by atoms with Crippen LogP contribution < -0.4 is 4.74 Å². The zero-order valence-corrected chi connectivity index (χ0v) is 13.0. The van der Waals surface area contributed by atoms with E-state index in [4.69, 9.17) is 4.74 Å². The standard InChI is InChI=1S/C15H11BrO7/c16-11-9(20)4-8(19)10-12(21)13(22)14(23-15(10)11)5-1-2-6(17)7(18)3-5/h1-4,13-14,17-20,22H. The van der Waals surface area contributed by atoms with Gasteiger partial charge in [-0.25, -0.2) is 0 Å². The molecule has 0 radical (unpaired) electrons. The highest BCUT2D eigenvalue weighted by molar-refractivity contribution is 9.10. The van der Waals surface area contributed by atoms with Crippen molar-refractivity contribution in [2.45, 2.75) is 12.2 Å². The van der Waals surface area contributed by atoms with E-state index in [0.29, 0.717) is 0 Å². The first-order chi connectivity index (χ1) is 10.8. The summed E-state index contributed by atoms with van der Waals surface area (Å²) < 4.78 is 5.61. The van der Waals surface area contributed by atoms with Crippen molar-refractivity contribution in [3.05, 3.63) is 39.9 Å². The number of aromatic hydroxyl groups is 4. The van der Waals surface area contributed by atoms with Gasteiger partial charge in [-0.2, -0.15) is 0 Å². The van der Waals surface area contributed by atoms with Crippen LogP contribution in [-0.4, -0.2) is 37.4 Å². The summed E-state index contributed by atoms with van der Waals surface area (Å²) in [4.78, 5) is 12.3. The lowest BCUT2D eigenvalue weighted by atomic mass is 9.92. The Morgan fingerprint density at radius 1 is 0.957 bits per heavy atom. The van der Waals surface area contributed by atoms with Crippen molar-refractivity contribution < 1.29 is 35.1 Å². The molecule has 2 atom stereocenters.